The number of nitro groups is 1. The van der Waals surface area contributed by atoms with E-state index >= 15 is 0 Å². The van der Waals surface area contributed by atoms with Crippen molar-refractivity contribution in [3.63, 3.8) is 0 Å². The number of benzene rings is 1. The number of ether oxygens (including phenoxy) is 1. The lowest BCUT2D eigenvalue weighted by Crippen LogP contribution is -2.24. The summed E-state index contributed by atoms with van der Waals surface area (Å²) in [5, 5.41) is 10.5. The molecule has 0 N–H and O–H groups in total. The van der Waals surface area contributed by atoms with Gasteiger partial charge in [-0.25, -0.2) is 0 Å². The summed E-state index contributed by atoms with van der Waals surface area (Å²) in [5.74, 6) is 0.347. The topological polar surface area (TPSA) is 52.4 Å². The van der Waals surface area contributed by atoms with Crippen LogP contribution in [-0.2, 0) is 4.74 Å². The maximum atomic E-state index is 10.5. The molecule has 0 aliphatic carbocycles. The van der Waals surface area contributed by atoms with Crippen LogP contribution in [0.4, 0.5) is 5.69 Å². The maximum Gasteiger partial charge on any atom is 0.269 e. The number of non-ortho nitro benzene ring substituents is 1. The van der Waals surface area contributed by atoms with Crippen LogP contribution in [0, 0.1) is 10.1 Å². The third kappa shape index (κ3) is 1.53. The Morgan fingerprint density at radius 3 is 2.77 bits per heavy atom. The van der Waals surface area contributed by atoms with E-state index in [-0.39, 0.29) is 10.6 Å². The molecule has 0 atom stereocenters. The molecule has 1 aromatic rings. The van der Waals surface area contributed by atoms with Crippen LogP contribution in [0.1, 0.15) is 11.5 Å². The smallest absolute Gasteiger partial charge is 0.269 e. The van der Waals surface area contributed by atoms with E-state index in [1.165, 1.54) is 6.07 Å². The lowest BCUT2D eigenvalue weighted by atomic mass is 9.97. The summed E-state index contributed by atoms with van der Waals surface area (Å²) in [7, 11) is 0. The largest absolute Gasteiger partial charge is 0.380 e. The van der Waals surface area contributed by atoms with Crippen molar-refractivity contribution >= 4 is 5.69 Å². The number of hydrogen-bond donors (Lipinski definition) is 0. The van der Waals surface area contributed by atoms with Gasteiger partial charge in [-0.15, -0.1) is 0 Å². The number of hydrogen-bond acceptors (Lipinski definition) is 3. The van der Waals surface area contributed by atoms with Gasteiger partial charge < -0.3 is 4.74 Å². The first-order chi connectivity index (χ1) is 6.27. The van der Waals surface area contributed by atoms with Crippen molar-refractivity contribution in [2.45, 2.75) is 5.92 Å². The highest BCUT2D eigenvalue weighted by molar-refractivity contribution is 5.36. The molecule has 13 heavy (non-hydrogen) atoms. The molecular weight excluding hydrogens is 170 g/mol. The van der Waals surface area contributed by atoms with Crippen molar-refractivity contribution in [1.82, 2.24) is 0 Å². The lowest BCUT2D eigenvalue weighted by Gasteiger charge is -2.25. The Morgan fingerprint density at radius 2 is 2.23 bits per heavy atom. The lowest BCUT2D eigenvalue weighted by molar-refractivity contribution is -0.385. The second-order valence-corrected chi connectivity index (χ2v) is 3.09. The SMILES string of the molecule is O=[N+]([O-])c1cccc(C2COC2)c1. The molecule has 0 saturated carbocycles. The molecule has 1 aromatic carbocycles. The third-order valence-electron chi connectivity index (χ3n) is 2.19. The quantitative estimate of drug-likeness (QED) is 0.513. The van der Waals surface area contributed by atoms with Gasteiger partial charge in [-0.1, -0.05) is 12.1 Å². The van der Waals surface area contributed by atoms with Crippen LogP contribution >= 0.6 is 0 Å². The summed E-state index contributed by atoms with van der Waals surface area (Å²) in [4.78, 5) is 10.1. The molecule has 4 heteroatoms. The van der Waals surface area contributed by atoms with Crippen LogP contribution in [0.15, 0.2) is 24.3 Å². The van der Waals surface area contributed by atoms with Crippen LogP contribution in [0.25, 0.3) is 0 Å². The van der Waals surface area contributed by atoms with Gasteiger partial charge in [0.15, 0.2) is 0 Å². The summed E-state index contributed by atoms with van der Waals surface area (Å²) in [6, 6.07) is 6.74. The van der Waals surface area contributed by atoms with Crippen LogP contribution in [0.2, 0.25) is 0 Å². The van der Waals surface area contributed by atoms with Crippen molar-refractivity contribution in [3.8, 4) is 0 Å². The fourth-order valence-corrected chi connectivity index (χ4v) is 1.32. The number of nitro benzene ring substituents is 1. The molecule has 0 radical (unpaired) electrons. The summed E-state index contributed by atoms with van der Waals surface area (Å²) < 4.78 is 5.02. The molecule has 0 spiro atoms. The van der Waals surface area contributed by atoms with Crippen molar-refractivity contribution in [3.05, 3.63) is 39.9 Å². The molecule has 68 valence electrons. The zero-order valence-corrected chi connectivity index (χ0v) is 6.97. The van der Waals surface area contributed by atoms with Crippen molar-refractivity contribution in [1.29, 1.82) is 0 Å². The zero-order valence-electron chi connectivity index (χ0n) is 6.97. The molecular formula is C9H9NO3. The predicted octanol–water partition coefficient (Wildman–Crippen LogP) is 1.71. The monoisotopic (exact) mass is 179 g/mol. The van der Waals surface area contributed by atoms with E-state index in [4.69, 9.17) is 4.74 Å². The number of rotatable bonds is 2. The fourth-order valence-electron chi connectivity index (χ4n) is 1.32. The first-order valence-electron chi connectivity index (χ1n) is 4.09. The average molecular weight is 179 g/mol. The van der Waals surface area contributed by atoms with Gasteiger partial charge in [0.25, 0.3) is 5.69 Å². The standard InChI is InChI=1S/C9H9NO3/c11-10(12)9-3-1-2-7(4-9)8-5-13-6-8/h1-4,8H,5-6H2. The maximum absolute atomic E-state index is 10.5. The van der Waals surface area contributed by atoms with Gasteiger partial charge in [0, 0.05) is 18.1 Å². The van der Waals surface area contributed by atoms with Crippen LogP contribution < -0.4 is 0 Å². The van der Waals surface area contributed by atoms with E-state index in [0.29, 0.717) is 19.1 Å². The van der Waals surface area contributed by atoms with E-state index in [0.717, 1.165) is 5.56 Å². The van der Waals surface area contributed by atoms with Crippen LogP contribution in [0.5, 0.6) is 0 Å². The highest BCUT2D eigenvalue weighted by Crippen LogP contribution is 2.26. The molecule has 4 nitrogen and oxygen atoms in total. The van der Waals surface area contributed by atoms with E-state index in [1.54, 1.807) is 12.1 Å². The molecule has 2 rings (SSSR count). The molecule has 1 aliphatic heterocycles. The predicted molar refractivity (Wildman–Crippen MR) is 46.7 cm³/mol. The normalized spacial score (nSPS) is 16.6. The molecule has 1 fully saturated rings. The van der Waals surface area contributed by atoms with Gasteiger partial charge in [0.1, 0.15) is 0 Å². The minimum atomic E-state index is -0.372. The molecule has 1 saturated heterocycles. The Kier molecular flexibility index (Phi) is 1.98. The zero-order chi connectivity index (χ0) is 9.26. The Hall–Kier alpha value is -1.42. The minimum Gasteiger partial charge on any atom is -0.380 e. The Balaban J connectivity index is 2.26. The van der Waals surface area contributed by atoms with Crippen molar-refractivity contribution in [2.24, 2.45) is 0 Å². The van der Waals surface area contributed by atoms with Gasteiger partial charge in [0.05, 0.1) is 18.1 Å². The second kappa shape index (κ2) is 3.14. The molecule has 0 amide bonds. The average Bonchev–Trinajstić information content (AvgIpc) is 2.01. The fraction of sp³-hybridized carbons (Fsp3) is 0.333. The minimum absolute atomic E-state index is 0.157. The first-order valence-corrected chi connectivity index (χ1v) is 4.09. The van der Waals surface area contributed by atoms with Gasteiger partial charge in [-0.2, -0.15) is 0 Å². The highest BCUT2D eigenvalue weighted by atomic mass is 16.6. The first kappa shape index (κ1) is 8.19. The summed E-state index contributed by atoms with van der Waals surface area (Å²) in [6.45, 7) is 1.36. The Bertz CT molecular complexity index is 333. The van der Waals surface area contributed by atoms with Crippen LogP contribution in [-0.4, -0.2) is 18.1 Å². The molecule has 0 aromatic heterocycles. The van der Waals surface area contributed by atoms with E-state index in [1.807, 2.05) is 6.07 Å². The third-order valence-corrected chi connectivity index (χ3v) is 2.19. The van der Waals surface area contributed by atoms with Gasteiger partial charge in [0.2, 0.25) is 0 Å². The molecule has 0 bridgehead atoms. The Morgan fingerprint density at radius 1 is 1.46 bits per heavy atom. The van der Waals surface area contributed by atoms with E-state index in [2.05, 4.69) is 0 Å². The summed E-state index contributed by atoms with van der Waals surface area (Å²) >= 11 is 0. The van der Waals surface area contributed by atoms with E-state index in [9.17, 15) is 10.1 Å². The van der Waals surface area contributed by atoms with Crippen LogP contribution in [0.3, 0.4) is 0 Å². The highest BCUT2D eigenvalue weighted by Gasteiger charge is 2.21. The van der Waals surface area contributed by atoms with Gasteiger partial charge in [-0.05, 0) is 5.56 Å². The molecule has 0 unspecified atom stereocenters. The summed E-state index contributed by atoms with van der Waals surface area (Å²) in [5.41, 5.74) is 1.16. The molecule has 1 aliphatic rings. The van der Waals surface area contributed by atoms with Crippen molar-refractivity contribution < 1.29 is 9.66 Å². The van der Waals surface area contributed by atoms with E-state index < -0.39 is 0 Å². The number of nitrogens with zero attached hydrogens (tertiary/aromatic N) is 1. The summed E-state index contributed by atoms with van der Waals surface area (Å²) in [6.07, 6.45) is 0. The Labute approximate surface area is 75.3 Å². The second-order valence-electron chi connectivity index (χ2n) is 3.09. The molecule has 1 heterocycles. The van der Waals surface area contributed by atoms with Gasteiger partial charge >= 0.3 is 0 Å². The van der Waals surface area contributed by atoms with Gasteiger partial charge in [-0.3, -0.25) is 10.1 Å². The van der Waals surface area contributed by atoms with Crippen molar-refractivity contribution in [2.75, 3.05) is 13.2 Å².